The lowest BCUT2D eigenvalue weighted by Crippen LogP contribution is -2.42. The molecule has 2 saturated heterocycles. The van der Waals surface area contributed by atoms with Crippen molar-refractivity contribution in [3.8, 4) is 5.75 Å². The number of anilines is 2. The van der Waals surface area contributed by atoms with E-state index in [1.807, 2.05) is 12.1 Å². The number of hydrogen-bond acceptors (Lipinski definition) is 4. The van der Waals surface area contributed by atoms with Gasteiger partial charge in [-0.3, -0.25) is 9.69 Å². The van der Waals surface area contributed by atoms with Gasteiger partial charge in [-0.05, 0) is 55.3 Å². The van der Waals surface area contributed by atoms with Crippen LogP contribution in [0.5, 0.6) is 5.75 Å². The summed E-state index contributed by atoms with van der Waals surface area (Å²) in [5, 5.41) is 5.68. The van der Waals surface area contributed by atoms with Gasteiger partial charge in [-0.25, -0.2) is 9.59 Å². The molecule has 8 nitrogen and oxygen atoms in total. The molecular formula is C23H26N4O4. The van der Waals surface area contributed by atoms with Crippen LogP contribution in [-0.4, -0.2) is 56.0 Å². The molecule has 2 N–H and O–H groups in total. The first-order valence-corrected chi connectivity index (χ1v) is 10.4. The molecule has 2 aliphatic heterocycles. The summed E-state index contributed by atoms with van der Waals surface area (Å²) < 4.78 is 5.14. The number of amides is 4. The standard InChI is InChI=1S/C23H26N4O4/c1-31-20-7-5-16(6-8-20)21(28)17-9-12-26(13-10-17)23(30)25-18-3-2-4-19(15-18)27-14-11-24-22(27)29/h2-8,15,17H,9-14H2,1H3,(H,24,29)(H,25,30). The maximum Gasteiger partial charge on any atom is 0.321 e. The fourth-order valence-electron chi connectivity index (χ4n) is 4.01. The zero-order chi connectivity index (χ0) is 21.8. The van der Waals surface area contributed by atoms with E-state index in [1.54, 1.807) is 53.3 Å². The molecule has 0 atom stereocenters. The number of ether oxygens (including phenoxy) is 1. The zero-order valence-corrected chi connectivity index (χ0v) is 17.5. The number of likely N-dealkylation sites (tertiary alicyclic amines) is 1. The molecule has 31 heavy (non-hydrogen) atoms. The summed E-state index contributed by atoms with van der Waals surface area (Å²) >= 11 is 0. The summed E-state index contributed by atoms with van der Waals surface area (Å²) in [7, 11) is 1.59. The Morgan fingerprint density at radius 2 is 1.81 bits per heavy atom. The molecule has 0 aromatic heterocycles. The van der Waals surface area contributed by atoms with Crippen molar-refractivity contribution in [3.63, 3.8) is 0 Å². The number of methoxy groups -OCH3 is 1. The lowest BCUT2D eigenvalue weighted by molar-refractivity contribution is 0.0859. The van der Waals surface area contributed by atoms with Gasteiger partial charge in [0.15, 0.2) is 5.78 Å². The van der Waals surface area contributed by atoms with Crippen LogP contribution in [0.25, 0.3) is 0 Å². The number of hydrogen-bond donors (Lipinski definition) is 2. The van der Waals surface area contributed by atoms with Gasteiger partial charge in [0.1, 0.15) is 5.75 Å². The predicted molar refractivity (Wildman–Crippen MR) is 118 cm³/mol. The summed E-state index contributed by atoms with van der Waals surface area (Å²) in [4.78, 5) is 40.7. The van der Waals surface area contributed by atoms with Crippen molar-refractivity contribution in [1.82, 2.24) is 10.2 Å². The van der Waals surface area contributed by atoms with Crippen LogP contribution in [0.4, 0.5) is 21.0 Å². The van der Waals surface area contributed by atoms with Crippen LogP contribution in [0, 0.1) is 5.92 Å². The van der Waals surface area contributed by atoms with Crippen LogP contribution in [0.15, 0.2) is 48.5 Å². The Balaban J connectivity index is 1.32. The van der Waals surface area contributed by atoms with Gasteiger partial charge in [-0.15, -0.1) is 0 Å². The molecule has 2 aliphatic rings. The Morgan fingerprint density at radius 1 is 1.06 bits per heavy atom. The molecule has 0 aliphatic carbocycles. The molecule has 2 aromatic carbocycles. The van der Waals surface area contributed by atoms with Crippen LogP contribution in [0.1, 0.15) is 23.2 Å². The van der Waals surface area contributed by atoms with Crippen molar-refractivity contribution in [2.45, 2.75) is 12.8 Å². The number of carbonyl (C=O) groups excluding carboxylic acids is 3. The number of piperidine rings is 1. The fraction of sp³-hybridized carbons (Fsp3) is 0.348. The molecular weight excluding hydrogens is 396 g/mol. The van der Waals surface area contributed by atoms with E-state index in [-0.39, 0.29) is 23.8 Å². The smallest absolute Gasteiger partial charge is 0.321 e. The molecule has 2 fully saturated rings. The number of benzene rings is 2. The minimum atomic E-state index is -0.196. The predicted octanol–water partition coefficient (Wildman–Crippen LogP) is 3.35. The Bertz CT molecular complexity index is 968. The molecule has 4 rings (SSSR count). The van der Waals surface area contributed by atoms with Crippen molar-refractivity contribution in [2.75, 3.05) is 43.5 Å². The van der Waals surface area contributed by atoms with E-state index in [0.717, 1.165) is 11.4 Å². The molecule has 4 amide bonds. The van der Waals surface area contributed by atoms with Gasteiger partial charge in [0.25, 0.3) is 0 Å². The van der Waals surface area contributed by atoms with E-state index in [0.29, 0.717) is 50.3 Å². The number of urea groups is 2. The van der Waals surface area contributed by atoms with E-state index < -0.39 is 0 Å². The van der Waals surface area contributed by atoms with Crippen molar-refractivity contribution in [3.05, 3.63) is 54.1 Å². The first-order valence-electron chi connectivity index (χ1n) is 10.4. The summed E-state index contributed by atoms with van der Waals surface area (Å²) in [5.41, 5.74) is 2.06. The lowest BCUT2D eigenvalue weighted by atomic mass is 9.89. The largest absolute Gasteiger partial charge is 0.497 e. The highest BCUT2D eigenvalue weighted by Crippen LogP contribution is 2.25. The first kappa shape index (κ1) is 20.7. The molecule has 2 aromatic rings. The Morgan fingerprint density at radius 3 is 2.45 bits per heavy atom. The van der Waals surface area contributed by atoms with E-state index in [2.05, 4.69) is 10.6 Å². The Hall–Kier alpha value is -3.55. The highest BCUT2D eigenvalue weighted by molar-refractivity contribution is 5.98. The number of rotatable bonds is 5. The second-order valence-electron chi connectivity index (χ2n) is 7.72. The normalized spacial score (nSPS) is 16.7. The number of nitrogens with zero attached hydrogens (tertiary/aromatic N) is 2. The second kappa shape index (κ2) is 9.07. The van der Waals surface area contributed by atoms with Crippen LogP contribution >= 0.6 is 0 Å². The highest BCUT2D eigenvalue weighted by Gasteiger charge is 2.28. The van der Waals surface area contributed by atoms with E-state index >= 15 is 0 Å². The second-order valence-corrected chi connectivity index (χ2v) is 7.72. The maximum atomic E-state index is 12.8. The third-order valence-corrected chi connectivity index (χ3v) is 5.79. The van der Waals surface area contributed by atoms with Gasteiger partial charge in [-0.1, -0.05) is 6.07 Å². The average molecular weight is 422 g/mol. The average Bonchev–Trinajstić information content (AvgIpc) is 3.25. The summed E-state index contributed by atoms with van der Waals surface area (Å²) in [6.07, 6.45) is 1.26. The zero-order valence-electron chi connectivity index (χ0n) is 17.5. The van der Waals surface area contributed by atoms with Crippen LogP contribution in [0.2, 0.25) is 0 Å². The van der Waals surface area contributed by atoms with Gasteiger partial charge in [0, 0.05) is 49.0 Å². The van der Waals surface area contributed by atoms with Gasteiger partial charge >= 0.3 is 12.1 Å². The maximum absolute atomic E-state index is 12.8. The molecule has 0 radical (unpaired) electrons. The molecule has 162 valence electrons. The minimum Gasteiger partial charge on any atom is -0.497 e. The topological polar surface area (TPSA) is 91.0 Å². The lowest BCUT2D eigenvalue weighted by Gasteiger charge is -2.31. The summed E-state index contributed by atoms with van der Waals surface area (Å²) in [6.45, 7) is 2.25. The van der Waals surface area contributed by atoms with E-state index in [4.69, 9.17) is 4.74 Å². The first-order chi connectivity index (χ1) is 15.0. The molecule has 8 heteroatoms. The third-order valence-electron chi connectivity index (χ3n) is 5.79. The monoisotopic (exact) mass is 422 g/mol. The SMILES string of the molecule is COc1ccc(C(=O)C2CCN(C(=O)Nc3cccc(N4CCNC4=O)c3)CC2)cc1. The molecule has 0 saturated carbocycles. The van der Waals surface area contributed by atoms with Crippen molar-refractivity contribution in [2.24, 2.45) is 5.92 Å². The number of nitrogens with one attached hydrogen (secondary N) is 2. The highest BCUT2D eigenvalue weighted by atomic mass is 16.5. The van der Waals surface area contributed by atoms with Gasteiger partial charge in [-0.2, -0.15) is 0 Å². The number of carbonyl (C=O) groups is 3. The Kier molecular flexibility index (Phi) is 6.06. The van der Waals surface area contributed by atoms with Crippen molar-refractivity contribution in [1.29, 1.82) is 0 Å². The number of ketones is 1. The van der Waals surface area contributed by atoms with E-state index in [1.165, 1.54) is 0 Å². The quantitative estimate of drug-likeness (QED) is 0.723. The molecule has 2 heterocycles. The van der Waals surface area contributed by atoms with Crippen LogP contribution in [0.3, 0.4) is 0 Å². The molecule has 0 bridgehead atoms. The third kappa shape index (κ3) is 4.63. The minimum absolute atomic E-state index is 0.0885. The van der Waals surface area contributed by atoms with Gasteiger partial charge in [0.05, 0.1) is 7.11 Å². The van der Waals surface area contributed by atoms with Crippen molar-refractivity contribution >= 4 is 29.2 Å². The van der Waals surface area contributed by atoms with Crippen LogP contribution in [-0.2, 0) is 0 Å². The number of Topliss-reactive ketones (excluding diaryl/α,β-unsaturated/α-hetero) is 1. The summed E-state index contributed by atoms with van der Waals surface area (Å²) in [5.74, 6) is 0.742. The fourth-order valence-corrected chi connectivity index (χ4v) is 4.01. The Labute approximate surface area is 181 Å². The van der Waals surface area contributed by atoms with Gasteiger partial charge < -0.3 is 20.3 Å². The molecule has 0 unspecified atom stereocenters. The van der Waals surface area contributed by atoms with E-state index in [9.17, 15) is 14.4 Å². The van der Waals surface area contributed by atoms with Crippen molar-refractivity contribution < 1.29 is 19.1 Å². The molecule has 0 spiro atoms. The van der Waals surface area contributed by atoms with Gasteiger partial charge in [0.2, 0.25) is 0 Å². The van der Waals surface area contributed by atoms with Crippen LogP contribution < -0.4 is 20.3 Å². The summed E-state index contributed by atoms with van der Waals surface area (Å²) in [6, 6.07) is 14.1.